The summed E-state index contributed by atoms with van der Waals surface area (Å²) >= 11 is 0. The minimum absolute atomic E-state index is 0.0905. The Balaban J connectivity index is 4.44. The summed E-state index contributed by atoms with van der Waals surface area (Å²) in [6.07, 6.45) is 78.2. The van der Waals surface area contributed by atoms with E-state index >= 15 is 0 Å². The monoisotopic (exact) mass is 987 g/mol. The molecule has 1 unspecified atom stereocenters. The second-order valence-corrected chi connectivity index (χ2v) is 19.5. The summed E-state index contributed by atoms with van der Waals surface area (Å²) in [6.45, 7) is 6.46. The standard InChI is InChI=1S/C65H110O6/c1-4-7-10-13-16-19-22-25-28-31-32-35-37-40-43-46-49-52-55-58-64(67)70-61-62(71-65(68)59-56-53-50-47-44-41-38-34-30-27-24-21-18-15-12-9-6-3)60-69-63(66)57-54-51-48-45-42-39-36-33-29-26-23-20-17-14-11-8-5-2/h9,12,16-21,25-30,32,35,62H,4-8,10-11,13-15,22-24,31,33-34,36-61H2,1-3H3/b12-9-,19-16-,20-17-,21-18-,28-25-,29-26-,30-27-,35-32-. The Hall–Kier alpha value is -3.67. The second-order valence-electron chi connectivity index (χ2n) is 19.5. The van der Waals surface area contributed by atoms with Gasteiger partial charge in [-0.05, 0) is 122 Å². The van der Waals surface area contributed by atoms with Gasteiger partial charge in [0.2, 0.25) is 0 Å². The first-order valence-electron chi connectivity index (χ1n) is 29.7. The van der Waals surface area contributed by atoms with Crippen molar-refractivity contribution in [1.29, 1.82) is 0 Å². The number of hydrogen-bond acceptors (Lipinski definition) is 6. The minimum atomic E-state index is -0.794. The van der Waals surface area contributed by atoms with Crippen molar-refractivity contribution < 1.29 is 28.6 Å². The van der Waals surface area contributed by atoms with Gasteiger partial charge in [-0.25, -0.2) is 0 Å². The molecule has 0 aromatic carbocycles. The molecule has 0 heterocycles. The van der Waals surface area contributed by atoms with E-state index in [4.69, 9.17) is 14.2 Å². The molecule has 0 N–H and O–H groups in total. The Morgan fingerprint density at radius 3 is 0.859 bits per heavy atom. The highest BCUT2D eigenvalue weighted by Crippen LogP contribution is 2.15. The fourth-order valence-corrected chi connectivity index (χ4v) is 8.08. The zero-order valence-electron chi connectivity index (χ0n) is 46.5. The summed E-state index contributed by atoms with van der Waals surface area (Å²) in [5.41, 5.74) is 0. The maximum atomic E-state index is 12.9. The third-order valence-electron chi connectivity index (χ3n) is 12.5. The van der Waals surface area contributed by atoms with Gasteiger partial charge in [-0.1, -0.05) is 234 Å². The second kappa shape index (κ2) is 58.9. The van der Waals surface area contributed by atoms with Crippen LogP contribution in [0.15, 0.2) is 97.2 Å². The lowest BCUT2D eigenvalue weighted by Gasteiger charge is -2.18. The Kier molecular flexibility index (Phi) is 55.9. The molecular formula is C65H110O6. The van der Waals surface area contributed by atoms with Crippen molar-refractivity contribution in [3.63, 3.8) is 0 Å². The smallest absolute Gasteiger partial charge is 0.306 e. The fourth-order valence-electron chi connectivity index (χ4n) is 8.08. The molecule has 0 rings (SSSR count). The number of esters is 3. The Morgan fingerprint density at radius 1 is 0.296 bits per heavy atom. The molecule has 0 aromatic rings. The van der Waals surface area contributed by atoms with Crippen LogP contribution in [0.4, 0.5) is 0 Å². The lowest BCUT2D eigenvalue weighted by Crippen LogP contribution is -2.30. The highest BCUT2D eigenvalue weighted by atomic mass is 16.6. The molecule has 406 valence electrons. The van der Waals surface area contributed by atoms with Crippen molar-refractivity contribution in [2.75, 3.05) is 13.2 Å². The van der Waals surface area contributed by atoms with E-state index in [2.05, 4.69) is 118 Å². The van der Waals surface area contributed by atoms with E-state index in [-0.39, 0.29) is 31.1 Å². The number of ether oxygens (including phenoxy) is 3. The van der Waals surface area contributed by atoms with Gasteiger partial charge in [-0.3, -0.25) is 14.4 Å². The zero-order chi connectivity index (χ0) is 51.4. The molecule has 0 spiro atoms. The van der Waals surface area contributed by atoms with E-state index < -0.39 is 6.10 Å². The van der Waals surface area contributed by atoms with Crippen molar-refractivity contribution in [2.24, 2.45) is 0 Å². The Bertz CT molecular complexity index is 1410. The number of carbonyl (C=O) groups is 3. The molecule has 0 aliphatic carbocycles. The molecule has 0 aliphatic rings. The summed E-state index contributed by atoms with van der Waals surface area (Å²) in [5, 5.41) is 0. The van der Waals surface area contributed by atoms with Gasteiger partial charge in [-0.2, -0.15) is 0 Å². The van der Waals surface area contributed by atoms with Gasteiger partial charge in [0.1, 0.15) is 13.2 Å². The average Bonchev–Trinajstić information content (AvgIpc) is 3.37. The highest BCUT2D eigenvalue weighted by Gasteiger charge is 2.19. The first-order valence-corrected chi connectivity index (χ1v) is 29.7. The van der Waals surface area contributed by atoms with E-state index in [1.165, 1.54) is 122 Å². The van der Waals surface area contributed by atoms with Gasteiger partial charge in [-0.15, -0.1) is 0 Å². The number of allylic oxidation sites excluding steroid dienone is 16. The van der Waals surface area contributed by atoms with Crippen molar-refractivity contribution >= 4 is 17.9 Å². The van der Waals surface area contributed by atoms with Gasteiger partial charge in [0.15, 0.2) is 6.10 Å². The van der Waals surface area contributed by atoms with Gasteiger partial charge in [0.05, 0.1) is 0 Å². The summed E-state index contributed by atoms with van der Waals surface area (Å²) in [7, 11) is 0. The normalized spacial score (nSPS) is 12.8. The van der Waals surface area contributed by atoms with E-state index in [1.807, 2.05) is 0 Å². The van der Waals surface area contributed by atoms with Crippen LogP contribution in [0.5, 0.6) is 0 Å². The van der Waals surface area contributed by atoms with Crippen LogP contribution < -0.4 is 0 Å². The largest absolute Gasteiger partial charge is 0.462 e. The Morgan fingerprint density at radius 2 is 0.549 bits per heavy atom. The van der Waals surface area contributed by atoms with E-state index in [1.54, 1.807) is 0 Å². The third-order valence-corrected chi connectivity index (χ3v) is 12.5. The third kappa shape index (κ3) is 57.1. The van der Waals surface area contributed by atoms with Gasteiger partial charge in [0.25, 0.3) is 0 Å². The lowest BCUT2D eigenvalue weighted by molar-refractivity contribution is -0.167. The SMILES string of the molecule is CC/C=C\C/C=C\C/C=C\CCCCCCCCCC(=O)OC(COC(=O)CCCCCCCC/C=C\C/C=C\C/C=C\CCCCC)COC(=O)CCCCCCCCC/C=C\C/C=C\CCCCC. The number of rotatable bonds is 53. The zero-order valence-corrected chi connectivity index (χ0v) is 46.5. The number of unbranched alkanes of at least 4 members (excludes halogenated alkanes) is 26. The van der Waals surface area contributed by atoms with Gasteiger partial charge >= 0.3 is 17.9 Å². The van der Waals surface area contributed by atoms with Crippen LogP contribution in [0.2, 0.25) is 0 Å². The Labute approximate surface area is 438 Å². The molecule has 1 atom stereocenters. The molecule has 0 aliphatic heterocycles. The predicted molar refractivity (Wildman–Crippen MR) is 307 cm³/mol. The van der Waals surface area contributed by atoms with Crippen LogP contribution in [0.25, 0.3) is 0 Å². The maximum absolute atomic E-state index is 12.9. The fraction of sp³-hybridized carbons (Fsp3) is 0.708. The van der Waals surface area contributed by atoms with E-state index in [0.717, 1.165) is 116 Å². The van der Waals surface area contributed by atoms with E-state index in [0.29, 0.717) is 19.3 Å². The quantitative estimate of drug-likeness (QED) is 0.0261. The molecule has 0 aromatic heterocycles. The maximum Gasteiger partial charge on any atom is 0.306 e. The molecule has 71 heavy (non-hydrogen) atoms. The summed E-state index contributed by atoms with van der Waals surface area (Å²) in [4.78, 5) is 38.2. The van der Waals surface area contributed by atoms with Gasteiger partial charge in [0, 0.05) is 19.3 Å². The van der Waals surface area contributed by atoms with Crippen LogP contribution in [0, 0.1) is 0 Å². The van der Waals surface area contributed by atoms with Crippen LogP contribution in [0.1, 0.15) is 278 Å². The van der Waals surface area contributed by atoms with Crippen molar-refractivity contribution in [3.05, 3.63) is 97.2 Å². The first-order chi connectivity index (χ1) is 35.0. The molecule has 0 amide bonds. The molecule has 0 saturated heterocycles. The number of hydrogen-bond donors (Lipinski definition) is 0. The summed E-state index contributed by atoms with van der Waals surface area (Å²) in [6, 6.07) is 0. The molecular weight excluding hydrogens is 877 g/mol. The van der Waals surface area contributed by atoms with E-state index in [9.17, 15) is 14.4 Å². The molecule has 6 nitrogen and oxygen atoms in total. The average molecular weight is 988 g/mol. The van der Waals surface area contributed by atoms with Crippen LogP contribution in [-0.4, -0.2) is 37.2 Å². The lowest BCUT2D eigenvalue weighted by atomic mass is 10.1. The molecule has 6 heteroatoms. The molecule has 0 fully saturated rings. The van der Waals surface area contributed by atoms with Gasteiger partial charge < -0.3 is 14.2 Å². The van der Waals surface area contributed by atoms with Crippen LogP contribution >= 0.6 is 0 Å². The number of carbonyl (C=O) groups excluding carboxylic acids is 3. The van der Waals surface area contributed by atoms with Crippen LogP contribution in [-0.2, 0) is 28.6 Å². The summed E-state index contributed by atoms with van der Waals surface area (Å²) < 4.78 is 16.9. The molecule has 0 radical (unpaired) electrons. The van der Waals surface area contributed by atoms with Crippen molar-refractivity contribution in [2.45, 2.75) is 284 Å². The summed E-state index contributed by atoms with van der Waals surface area (Å²) in [5.74, 6) is -0.915. The van der Waals surface area contributed by atoms with Crippen molar-refractivity contribution in [1.82, 2.24) is 0 Å². The topological polar surface area (TPSA) is 78.9 Å². The van der Waals surface area contributed by atoms with Crippen molar-refractivity contribution in [3.8, 4) is 0 Å². The minimum Gasteiger partial charge on any atom is -0.462 e. The predicted octanol–water partition coefficient (Wildman–Crippen LogP) is 20.1. The molecule has 0 saturated carbocycles. The van der Waals surface area contributed by atoms with Crippen LogP contribution in [0.3, 0.4) is 0 Å². The first kappa shape index (κ1) is 67.3. The highest BCUT2D eigenvalue weighted by molar-refractivity contribution is 5.71. The molecule has 0 bridgehead atoms.